The van der Waals surface area contributed by atoms with Gasteiger partial charge in [0.05, 0.1) is 11.3 Å². The van der Waals surface area contributed by atoms with Crippen LogP contribution in [0.2, 0.25) is 0 Å². The van der Waals surface area contributed by atoms with Crippen molar-refractivity contribution in [2.24, 2.45) is 5.73 Å². The first-order chi connectivity index (χ1) is 9.73. The van der Waals surface area contributed by atoms with E-state index in [0.29, 0.717) is 24.1 Å². The SMILES string of the molecule is Cc1ncc(C(C)C)c(C2CCC(F)(F)CC2)c1C(N)=O. The van der Waals surface area contributed by atoms with Gasteiger partial charge in [0, 0.05) is 19.0 Å². The average molecular weight is 296 g/mol. The Bertz CT molecular complexity index is 545. The number of primary amides is 1. The Kier molecular flexibility index (Phi) is 4.30. The molecule has 0 aliphatic heterocycles. The fourth-order valence-corrected chi connectivity index (χ4v) is 3.18. The summed E-state index contributed by atoms with van der Waals surface area (Å²) >= 11 is 0. The first kappa shape index (κ1) is 15.9. The second-order valence-electron chi connectivity index (χ2n) is 6.24. The van der Waals surface area contributed by atoms with Crippen molar-refractivity contribution in [2.75, 3.05) is 0 Å². The number of aryl methyl sites for hydroxylation is 1. The molecule has 1 amide bonds. The van der Waals surface area contributed by atoms with Crippen molar-refractivity contribution in [3.63, 3.8) is 0 Å². The standard InChI is InChI=1S/C16H22F2N2O/c1-9(2)12-8-20-10(3)13(15(19)21)14(12)11-4-6-16(17,18)7-5-11/h8-9,11H,4-7H2,1-3H3,(H2,19,21). The second kappa shape index (κ2) is 5.70. The quantitative estimate of drug-likeness (QED) is 0.919. The number of hydrogen-bond acceptors (Lipinski definition) is 2. The predicted octanol–water partition coefficient (Wildman–Crippen LogP) is 3.91. The molecule has 1 aliphatic rings. The number of nitrogens with zero attached hydrogens (tertiary/aromatic N) is 1. The summed E-state index contributed by atoms with van der Waals surface area (Å²) in [7, 11) is 0. The van der Waals surface area contributed by atoms with E-state index in [1.165, 1.54) is 0 Å². The molecule has 0 saturated heterocycles. The predicted molar refractivity (Wildman–Crippen MR) is 77.7 cm³/mol. The van der Waals surface area contributed by atoms with Crippen LogP contribution in [0.1, 0.15) is 78.5 Å². The highest BCUT2D eigenvalue weighted by molar-refractivity contribution is 5.96. The van der Waals surface area contributed by atoms with E-state index < -0.39 is 11.8 Å². The third kappa shape index (κ3) is 3.22. The lowest BCUT2D eigenvalue weighted by atomic mass is 9.77. The highest BCUT2D eigenvalue weighted by Crippen LogP contribution is 2.44. The topological polar surface area (TPSA) is 56.0 Å². The highest BCUT2D eigenvalue weighted by Gasteiger charge is 2.37. The molecule has 1 aromatic rings. The van der Waals surface area contributed by atoms with E-state index in [9.17, 15) is 13.6 Å². The molecule has 116 valence electrons. The van der Waals surface area contributed by atoms with Gasteiger partial charge in [0.1, 0.15) is 0 Å². The van der Waals surface area contributed by atoms with Gasteiger partial charge in [-0.25, -0.2) is 8.78 Å². The molecule has 5 heteroatoms. The molecule has 0 atom stereocenters. The minimum absolute atomic E-state index is 0.0359. The van der Waals surface area contributed by atoms with Crippen molar-refractivity contribution < 1.29 is 13.6 Å². The lowest BCUT2D eigenvalue weighted by Gasteiger charge is -2.31. The van der Waals surface area contributed by atoms with Crippen molar-refractivity contribution in [1.82, 2.24) is 4.98 Å². The zero-order chi connectivity index (χ0) is 15.8. The minimum atomic E-state index is -2.58. The first-order valence-electron chi connectivity index (χ1n) is 7.40. The van der Waals surface area contributed by atoms with Crippen molar-refractivity contribution in [1.29, 1.82) is 0 Å². The van der Waals surface area contributed by atoms with Crippen LogP contribution in [0.15, 0.2) is 6.20 Å². The number of pyridine rings is 1. The molecule has 0 aromatic carbocycles. The molecule has 1 aromatic heterocycles. The second-order valence-corrected chi connectivity index (χ2v) is 6.24. The maximum atomic E-state index is 13.4. The Morgan fingerprint density at radius 1 is 1.38 bits per heavy atom. The Hall–Kier alpha value is -1.52. The van der Waals surface area contributed by atoms with E-state index >= 15 is 0 Å². The molecular weight excluding hydrogens is 274 g/mol. The van der Waals surface area contributed by atoms with Crippen molar-refractivity contribution in [2.45, 2.75) is 64.2 Å². The Labute approximate surface area is 123 Å². The van der Waals surface area contributed by atoms with Crippen molar-refractivity contribution in [3.05, 3.63) is 28.6 Å². The average Bonchev–Trinajstić information content (AvgIpc) is 2.37. The fourth-order valence-electron chi connectivity index (χ4n) is 3.18. The molecule has 1 saturated carbocycles. The molecule has 2 N–H and O–H groups in total. The number of rotatable bonds is 3. The van der Waals surface area contributed by atoms with Gasteiger partial charge in [0.15, 0.2) is 0 Å². The lowest BCUT2D eigenvalue weighted by molar-refractivity contribution is -0.0383. The molecular formula is C16H22F2N2O. The van der Waals surface area contributed by atoms with Gasteiger partial charge in [-0.05, 0) is 42.7 Å². The van der Waals surface area contributed by atoms with Crippen LogP contribution in [0.25, 0.3) is 0 Å². The molecule has 0 unspecified atom stereocenters. The van der Waals surface area contributed by atoms with Crippen molar-refractivity contribution in [3.8, 4) is 0 Å². The van der Waals surface area contributed by atoms with Gasteiger partial charge in [0.2, 0.25) is 5.92 Å². The summed E-state index contributed by atoms with van der Waals surface area (Å²) < 4.78 is 26.8. The number of carbonyl (C=O) groups excluding carboxylic acids is 1. The Morgan fingerprint density at radius 3 is 2.43 bits per heavy atom. The molecule has 0 radical (unpaired) electrons. The monoisotopic (exact) mass is 296 g/mol. The number of alkyl halides is 2. The van der Waals surface area contributed by atoms with E-state index in [-0.39, 0.29) is 24.7 Å². The number of amides is 1. The van der Waals surface area contributed by atoms with Crippen LogP contribution < -0.4 is 5.73 Å². The van der Waals surface area contributed by atoms with Crippen LogP contribution >= 0.6 is 0 Å². The molecule has 1 aliphatic carbocycles. The summed E-state index contributed by atoms with van der Waals surface area (Å²) in [5.41, 5.74) is 8.32. The van der Waals surface area contributed by atoms with Crippen LogP contribution in [0.5, 0.6) is 0 Å². The zero-order valence-corrected chi connectivity index (χ0v) is 12.7. The Morgan fingerprint density at radius 2 is 1.95 bits per heavy atom. The largest absolute Gasteiger partial charge is 0.366 e. The van der Waals surface area contributed by atoms with Crippen LogP contribution in [0, 0.1) is 6.92 Å². The summed E-state index contributed by atoms with van der Waals surface area (Å²) in [4.78, 5) is 16.1. The van der Waals surface area contributed by atoms with Crippen LogP contribution in [-0.4, -0.2) is 16.8 Å². The molecule has 21 heavy (non-hydrogen) atoms. The molecule has 0 bridgehead atoms. The first-order valence-corrected chi connectivity index (χ1v) is 7.40. The van der Waals surface area contributed by atoms with Gasteiger partial charge < -0.3 is 5.73 Å². The van der Waals surface area contributed by atoms with E-state index in [1.807, 2.05) is 13.8 Å². The normalized spacial score (nSPS) is 19.0. The third-order valence-corrected chi connectivity index (χ3v) is 4.33. The smallest absolute Gasteiger partial charge is 0.250 e. The van der Waals surface area contributed by atoms with Gasteiger partial charge in [0.25, 0.3) is 5.91 Å². The van der Waals surface area contributed by atoms with E-state index in [0.717, 1.165) is 11.1 Å². The minimum Gasteiger partial charge on any atom is -0.366 e. The molecule has 1 fully saturated rings. The number of nitrogens with two attached hydrogens (primary N) is 1. The van der Waals surface area contributed by atoms with Crippen molar-refractivity contribution >= 4 is 5.91 Å². The fraction of sp³-hybridized carbons (Fsp3) is 0.625. The van der Waals surface area contributed by atoms with Gasteiger partial charge in [-0.15, -0.1) is 0 Å². The molecule has 3 nitrogen and oxygen atoms in total. The van der Waals surface area contributed by atoms with Crippen LogP contribution in [0.3, 0.4) is 0 Å². The summed E-state index contributed by atoms with van der Waals surface area (Å²) in [5.74, 6) is -2.96. The number of aromatic nitrogens is 1. The summed E-state index contributed by atoms with van der Waals surface area (Å²) in [5, 5.41) is 0. The number of halogens is 2. The lowest BCUT2D eigenvalue weighted by Crippen LogP contribution is -2.27. The molecule has 1 heterocycles. The number of hydrogen-bond donors (Lipinski definition) is 1. The Balaban J connectivity index is 2.50. The van der Waals surface area contributed by atoms with Gasteiger partial charge in [-0.3, -0.25) is 9.78 Å². The highest BCUT2D eigenvalue weighted by atomic mass is 19.3. The van der Waals surface area contributed by atoms with Crippen LogP contribution in [-0.2, 0) is 0 Å². The maximum Gasteiger partial charge on any atom is 0.250 e. The van der Waals surface area contributed by atoms with Gasteiger partial charge in [-0.1, -0.05) is 13.8 Å². The van der Waals surface area contributed by atoms with Gasteiger partial charge in [-0.2, -0.15) is 0 Å². The zero-order valence-electron chi connectivity index (χ0n) is 12.7. The summed E-state index contributed by atoms with van der Waals surface area (Å²) in [6, 6.07) is 0. The van der Waals surface area contributed by atoms with E-state index in [4.69, 9.17) is 5.73 Å². The molecule has 2 rings (SSSR count). The molecule has 0 spiro atoms. The van der Waals surface area contributed by atoms with Gasteiger partial charge >= 0.3 is 0 Å². The summed E-state index contributed by atoms with van der Waals surface area (Å²) in [6.07, 6.45) is 2.27. The van der Waals surface area contributed by atoms with E-state index in [2.05, 4.69) is 4.98 Å². The maximum absolute atomic E-state index is 13.4. The third-order valence-electron chi connectivity index (χ3n) is 4.33. The summed E-state index contributed by atoms with van der Waals surface area (Å²) in [6.45, 7) is 5.77. The van der Waals surface area contributed by atoms with E-state index in [1.54, 1.807) is 13.1 Å². The van der Waals surface area contributed by atoms with Crippen LogP contribution in [0.4, 0.5) is 8.78 Å². The number of carbonyl (C=O) groups is 1.